The molecule has 0 saturated carbocycles. The number of halogens is 1. The van der Waals surface area contributed by atoms with E-state index in [0.717, 1.165) is 0 Å². The molecule has 6 nitrogen and oxygen atoms in total. The van der Waals surface area contributed by atoms with Gasteiger partial charge in [-0.3, -0.25) is 9.69 Å². The van der Waals surface area contributed by atoms with Crippen LogP contribution >= 0.6 is 15.9 Å². The van der Waals surface area contributed by atoms with E-state index in [1.807, 2.05) is 0 Å². The molecule has 0 bridgehead atoms. The van der Waals surface area contributed by atoms with E-state index in [-0.39, 0.29) is 23.2 Å². The van der Waals surface area contributed by atoms with Crippen LogP contribution in [0.5, 0.6) is 0 Å². The average Bonchev–Trinajstić information content (AvgIpc) is 2.70. The van der Waals surface area contributed by atoms with Crippen molar-refractivity contribution >= 4 is 33.6 Å². The van der Waals surface area contributed by atoms with Crippen LogP contribution < -0.4 is 4.90 Å². The fourth-order valence-electron chi connectivity index (χ4n) is 1.78. The van der Waals surface area contributed by atoms with Crippen molar-refractivity contribution in [2.75, 3.05) is 16.8 Å². The Morgan fingerprint density at radius 1 is 1.65 bits per heavy atom. The Kier molecular flexibility index (Phi) is 3.37. The summed E-state index contributed by atoms with van der Waals surface area (Å²) in [6.07, 6.45) is 2.87. The van der Waals surface area contributed by atoms with E-state index < -0.39 is 5.97 Å². The predicted octanol–water partition coefficient (Wildman–Crippen LogP) is 0.923. The first-order valence-corrected chi connectivity index (χ1v) is 6.15. The quantitative estimate of drug-likeness (QED) is 0.839. The molecule has 0 radical (unpaired) electrons. The highest BCUT2D eigenvalue weighted by Gasteiger charge is 2.33. The van der Waals surface area contributed by atoms with Gasteiger partial charge < -0.3 is 5.11 Å². The third-order valence-electron chi connectivity index (χ3n) is 2.60. The largest absolute Gasteiger partial charge is 0.477 e. The summed E-state index contributed by atoms with van der Waals surface area (Å²) in [6.45, 7) is 0.487. The number of carboxylic acid groups (broad SMARTS) is 1. The highest BCUT2D eigenvalue weighted by Crippen LogP contribution is 2.26. The number of anilines is 1. The maximum atomic E-state index is 11.8. The third-order valence-corrected chi connectivity index (χ3v) is 3.52. The number of carbonyl (C=O) groups excluding carboxylic acids is 1. The normalized spacial score (nSPS) is 19.7. The minimum Gasteiger partial charge on any atom is -0.477 e. The van der Waals surface area contributed by atoms with Gasteiger partial charge in [-0.1, -0.05) is 15.9 Å². The number of amides is 1. The molecular formula is C10H10BrN3O3. The molecular weight excluding hydrogens is 290 g/mol. The summed E-state index contributed by atoms with van der Waals surface area (Å²) in [6, 6.07) is 0. The lowest BCUT2D eigenvalue weighted by Gasteiger charge is -2.16. The van der Waals surface area contributed by atoms with E-state index >= 15 is 0 Å². The van der Waals surface area contributed by atoms with Crippen molar-refractivity contribution in [1.82, 2.24) is 9.97 Å². The Hall–Kier alpha value is -1.50. The Labute approximate surface area is 106 Å². The monoisotopic (exact) mass is 299 g/mol. The van der Waals surface area contributed by atoms with Gasteiger partial charge >= 0.3 is 5.97 Å². The van der Waals surface area contributed by atoms with Crippen LogP contribution in [0.2, 0.25) is 0 Å². The molecule has 90 valence electrons. The zero-order chi connectivity index (χ0) is 12.4. The lowest BCUT2D eigenvalue weighted by molar-refractivity contribution is -0.117. The maximum Gasteiger partial charge on any atom is 0.341 e. The van der Waals surface area contributed by atoms with Gasteiger partial charge in [0.1, 0.15) is 11.9 Å². The van der Waals surface area contributed by atoms with E-state index in [2.05, 4.69) is 25.9 Å². The molecule has 1 aromatic rings. The van der Waals surface area contributed by atoms with Crippen molar-refractivity contribution in [3.8, 4) is 0 Å². The summed E-state index contributed by atoms with van der Waals surface area (Å²) in [5, 5.41) is 9.72. The van der Waals surface area contributed by atoms with Crippen LogP contribution in [-0.2, 0) is 4.79 Å². The number of rotatable bonds is 3. The number of hydrogen-bond donors (Lipinski definition) is 1. The number of aromatic nitrogens is 2. The van der Waals surface area contributed by atoms with Gasteiger partial charge in [-0.15, -0.1) is 0 Å². The first kappa shape index (κ1) is 12.0. The van der Waals surface area contributed by atoms with Gasteiger partial charge in [0.15, 0.2) is 5.82 Å². The average molecular weight is 300 g/mol. The smallest absolute Gasteiger partial charge is 0.341 e. The van der Waals surface area contributed by atoms with Crippen molar-refractivity contribution in [1.29, 1.82) is 0 Å². The van der Waals surface area contributed by atoms with E-state index in [0.29, 0.717) is 18.3 Å². The number of nitrogens with zero attached hydrogens (tertiary/aromatic N) is 3. The molecule has 0 spiro atoms. The molecule has 1 saturated heterocycles. The van der Waals surface area contributed by atoms with Crippen LogP contribution in [-0.4, -0.2) is 38.8 Å². The topological polar surface area (TPSA) is 83.4 Å². The summed E-state index contributed by atoms with van der Waals surface area (Å²) < 4.78 is 0. The highest BCUT2D eigenvalue weighted by molar-refractivity contribution is 9.09. The molecule has 1 unspecified atom stereocenters. The van der Waals surface area contributed by atoms with Crippen molar-refractivity contribution < 1.29 is 14.7 Å². The number of carbonyl (C=O) groups is 2. The zero-order valence-corrected chi connectivity index (χ0v) is 10.4. The molecule has 1 atom stereocenters. The molecule has 1 aliphatic rings. The molecule has 1 aromatic heterocycles. The van der Waals surface area contributed by atoms with Crippen molar-refractivity contribution in [3.05, 3.63) is 18.1 Å². The first-order valence-electron chi connectivity index (χ1n) is 5.03. The van der Waals surface area contributed by atoms with Gasteiger partial charge in [-0.2, -0.15) is 0 Å². The van der Waals surface area contributed by atoms with Crippen LogP contribution in [0.25, 0.3) is 0 Å². The molecule has 1 fully saturated rings. The molecule has 1 N–H and O–H groups in total. The molecule has 1 amide bonds. The third kappa shape index (κ3) is 2.28. The van der Waals surface area contributed by atoms with Crippen LogP contribution in [0.1, 0.15) is 16.8 Å². The molecule has 2 rings (SSSR count). The Morgan fingerprint density at radius 3 is 3.00 bits per heavy atom. The van der Waals surface area contributed by atoms with Crippen molar-refractivity contribution in [3.63, 3.8) is 0 Å². The van der Waals surface area contributed by atoms with Gasteiger partial charge in [-0.25, -0.2) is 14.8 Å². The van der Waals surface area contributed by atoms with Gasteiger partial charge in [0.25, 0.3) is 0 Å². The SMILES string of the molecule is O=C(O)c1cncnc1N1CC(CBr)CC1=O. The summed E-state index contributed by atoms with van der Waals surface area (Å²) in [5.74, 6) is -0.855. The molecule has 0 aliphatic carbocycles. The van der Waals surface area contributed by atoms with Crippen molar-refractivity contribution in [2.24, 2.45) is 5.92 Å². The van der Waals surface area contributed by atoms with Crippen LogP contribution in [0.3, 0.4) is 0 Å². The second kappa shape index (κ2) is 4.79. The molecule has 2 heterocycles. The summed E-state index contributed by atoms with van der Waals surface area (Å²) in [5.41, 5.74) is -0.0453. The number of carboxylic acids is 1. The van der Waals surface area contributed by atoms with E-state index in [1.54, 1.807) is 0 Å². The molecule has 1 aliphatic heterocycles. The van der Waals surface area contributed by atoms with Gasteiger partial charge in [-0.05, 0) is 5.92 Å². The van der Waals surface area contributed by atoms with Crippen molar-refractivity contribution in [2.45, 2.75) is 6.42 Å². The lowest BCUT2D eigenvalue weighted by Crippen LogP contribution is -2.27. The Bertz CT molecular complexity index is 466. The zero-order valence-electron chi connectivity index (χ0n) is 8.84. The molecule has 7 heteroatoms. The number of hydrogen-bond acceptors (Lipinski definition) is 4. The molecule has 0 aromatic carbocycles. The highest BCUT2D eigenvalue weighted by atomic mass is 79.9. The summed E-state index contributed by atoms with van der Waals surface area (Å²) in [7, 11) is 0. The van der Waals surface area contributed by atoms with Crippen LogP contribution in [0, 0.1) is 5.92 Å². The van der Waals surface area contributed by atoms with E-state index in [1.165, 1.54) is 17.4 Å². The summed E-state index contributed by atoms with van der Waals surface area (Å²) in [4.78, 5) is 31.8. The summed E-state index contributed by atoms with van der Waals surface area (Å²) >= 11 is 3.32. The molecule has 17 heavy (non-hydrogen) atoms. The Morgan fingerprint density at radius 2 is 2.41 bits per heavy atom. The number of aromatic carboxylic acids is 1. The minimum absolute atomic E-state index is 0.0453. The second-order valence-electron chi connectivity index (χ2n) is 3.79. The fourth-order valence-corrected chi connectivity index (χ4v) is 2.21. The van der Waals surface area contributed by atoms with Gasteiger partial charge in [0.2, 0.25) is 5.91 Å². The first-order chi connectivity index (χ1) is 8.13. The van der Waals surface area contributed by atoms with Gasteiger partial charge in [0, 0.05) is 24.5 Å². The predicted molar refractivity (Wildman–Crippen MR) is 63.2 cm³/mol. The maximum absolute atomic E-state index is 11.8. The fraction of sp³-hybridized carbons (Fsp3) is 0.400. The number of alkyl halides is 1. The standard InChI is InChI=1S/C10H10BrN3O3/c11-2-6-1-8(15)14(4-6)9-7(10(16)17)3-12-5-13-9/h3,5-6H,1-2,4H2,(H,16,17). The Balaban J connectivity index is 2.35. The second-order valence-corrected chi connectivity index (χ2v) is 4.44. The van der Waals surface area contributed by atoms with Crippen LogP contribution in [0.4, 0.5) is 5.82 Å². The van der Waals surface area contributed by atoms with Gasteiger partial charge in [0.05, 0.1) is 0 Å². The minimum atomic E-state index is -1.13. The van der Waals surface area contributed by atoms with Crippen LogP contribution in [0.15, 0.2) is 12.5 Å². The van der Waals surface area contributed by atoms with E-state index in [4.69, 9.17) is 5.11 Å². The van der Waals surface area contributed by atoms with E-state index in [9.17, 15) is 9.59 Å². The lowest BCUT2D eigenvalue weighted by atomic mass is 10.2.